The number of hydrogen-bond acceptors (Lipinski definition) is 4. The lowest BCUT2D eigenvalue weighted by Crippen LogP contribution is -2.46. The molecule has 0 amide bonds. The predicted octanol–water partition coefficient (Wildman–Crippen LogP) is 1.77. The molecular formula is C15H27F3IN5O2. The van der Waals surface area contributed by atoms with Crippen molar-refractivity contribution < 1.29 is 23.0 Å². The zero-order chi connectivity index (χ0) is 19.1. The summed E-state index contributed by atoms with van der Waals surface area (Å²) in [5, 5.41) is 16.2. The van der Waals surface area contributed by atoms with Crippen molar-refractivity contribution in [3.05, 3.63) is 18.2 Å². The number of methoxy groups -OCH3 is 1. The van der Waals surface area contributed by atoms with Crippen LogP contribution in [0.1, 0.15) is 26.1 Å². The lowest BCUT2D eigenvalue weighted by molar-refractivity contribution is -0.272. The number of rotatable bonds is 8. The SMILES string of the molecule is CCNC(=NCCC(O)(c1nccn1C)C(F)(F)F)NC(C)COC.I. The average Bonchev–Trinajstić information content (AvgIpc) is 2.93. The van der Waals surface area contributed by atoms with Crippen LogP contribution in [0, 0.1) is 0 Å². The second-order valence-electron chi connectivity index (χ2n) is 5.73. The number of halogens is 4. The molecule has 0 saturated heterocycles. The Bertz CT molecular complexity index is 568. The molecule has 0 aliphatic rings. The Kier molecular flexibility index (Phi) is 10.5. The van der Waals surface area contributed by atoms with Crippen molar-refractivity contribution in [2.24, 2.45) is 12.0 Å². The number of nitrogens with one attached hydrogen (secondary N) is 2. The first kappa shape index (κ1) is 24.9. The zero-order valence-corrected chi connectivity index (χ0v) is 17.6. The predicted molar refractivity (Wildman–Crippen MR) is 104 cm³/mol. The van der Waals surface area contributed by atoms with Crippen LogP contribution in [0.15, 0.2) is 17.4 Å². The molecule has 1 aromatic rings. The molecule has 1 aromatic heterocycles. The standard InChI is InChI=1S/C15H26F3N5O2.HI/c1-5-19-13(22-11(2)10-25-4)21-7-6-14(24,15(16,17)18)12-20-8-9-23(12)3;/h8-9,11,24H,5-7,10H2,1-4H3,(H2,19,21,22);1H. The largest absolute Gasteiger partial charge is 0.424 e. The fourth-order valence-corrected chi connectivity index (χ4v) is 2.32. The number of ether oxygens (including phenoxy) is 1. The van der Waals surface area contributed by atoms with Crippen molar-refractivity contribution in [1.82, 2.24) is 20.2 Å². The summed E-state index contributed by atoms with van der Waals surface area (Å²) in [6.07, 6.45) is -2.94. The second-order valence-corrected chi connectivity index (χ2v) is 5.73. The number of aryl methyl sites for hydroxylation is 1. The van der Waals surface area contributed by atoms with Crippen molar-refractivity contribution in [1.29, 1.82) is 0 Å². The van der Waals surface area contributed by atoms with Gasteiger partial charge in [0, 0.05) is 52.1 Å². The minimum absolute atomic E-state index is 0. The fraction of sp³-hybridized carbons (Fsp3) is 0.733. The molecule has 1 heterocycles. The van der Waals surface area contributed by atoms with Crippen LogP contribution in [0.2, 0.25) is 0 Å². The number of aliphatic hydroxyl groups is 1. The highest BCUT2D eigenvalue weighted by Gasteiger charge is 2.57. The maximum absolute atomic E-state index is 13.4. The summed E-state index contributed by atoms with van der Waals surface area (Å²) in [5.41, 5.74) is -3.07. The average molecular weight is 493 g/mol. The summed E-state index contributed by atoms with van der Waals surface area (Å²) in [6.45, 7) is 4.44. The van der Waals surface area contributed by atoms with Crippen LogP contribution in [0.4, 0.5) is 13.2 Å². The van der Waals surface area contributed by atoms with Gasteiger partial charge in [0.25, 0.3) is 0 Å². The molecule has 7 nitrogen and oxygen atoms in total. The molecule has 11 heteroatoms. The number of hydrogen-bond donors (Lipinski definition) is 3. The Balaban J connectivity index is 0.00000625. The van der Waals surface area contributed by atoms with E-state index in [1.807, 2.05) is 13.8 Å². The van der Waals surface area contributed by atoms with E-state index >= 15 is 0 Å². The van der Waals surface area contributed by atoms with E-state index in [0.29, 0.717) is 19.1 Å². The molecule has 152 valence electrons. The molecule has 0 radical (unpaired) electrons. The van der Waals surface area contributed by atoms with E-state index in [1.165, 1.54) is 19.4 Å². The van der Waals surface area contributed by atoms with Gasteiger partial charge in [-0.15, -0.1) is 24.0 Å². The molecule has 26 heavy (non-hydrogen) atoms. The van der Waals surface area contributed by atoms with Crippen LogP contribution < -0.4 is 10.6 Å². The Labute approximate surface area is 168 Å². The topological polar surface area (TPSA) is 83.7 Å². The van der Waals surface area contributed by atoms with Gasteiger partial charge in [0.05, 0.1) is 6.61 Å². The Morgan fingerprint density at radius 2 is 2.12 bits per heavy atom. The first-order chi connectivity index (χ1) is 11.7. The van der Waals surface area contributed by atoms with Gasteiger partial charge < -0.3 is 25.0 Å². The van der Waals surface area contributed by atoms with Gasteiger partial charge in [0.1, 0.15) is 5.82 Å². The van der Waals surface area contributed by atoms with Crippen LogP contribution in [0.3, 0.4) is 0 Å². The van der Waals surface area contributed by atoms with Crippen LogP contribution >= 0.6 is 24.0 Å². The van der Waals surface area contributed by atoms with Crippen LogP contribution in [-0.2, 0) is 17.4 Å². The minimum Gasteiger partial charge on any atom is -0.383 e. The lowest BCUT2D eigenvalue weighted by atomic mass is 9.98. The maximum Gasteiger partial charge on any atom is 0.424 e. The molecule has 0 saturated carbocycles. The second kappa shape index (κ2) is 10.9. The Morgan fingerprint density at radius 3 is 2.58 bits per heavy atom. The molecule has 2 atom stereocenters. The highest BCUT2D eigenvalue weighted by atomic mass is 127. The molecule has 3 N–H and O–H groups in total. The maximum atomic E-state index is 13.4. The minimum atomic E-state index is -4.86. The van der Waals surface area contributed by atoms with E-state index in [-0.39, 0.29) is 36.6 Å². The van der Waals surface area contributed by atoms with E-state index in [4.69, 9.17) is 4.74 Å². The van der Waals surface area contributed by atoms with E-state index < -0.39 is 24.0 Å². The number of imidazole rings is 1. The van der Waals surface area contributed by atoms with Gasteiger partial charge in [-0.2, -0.15) is 13.2 Å². The molecule has 2 unspecified atom stereocenters. The summed E-state index contributed by atoms with van der Waals surface area (Å²) in [6, 6.07) is -0.0705. The first-order valence-corrected chi connectivity index (χ1v) is 7.96. The van der Waals surface area contributed by atoms with Crippen molar-refractivity contribution in [2.75, 3.05) is 26.8 Å². The van der Waals surface area contributed by atoms with Gasteiger partial charge in [0.15, 0.2) is 5.96 Å². The molecule has 1 rings (SSSR count). The smallest absolute Gasteiger partial charge is 0.383 e. The number of aromatic nitrogens is 2. The van der Waals surface area contributed by atoms with E-state index in [9.17, 15) is 18.3 Å². The molecule has 0 aromatic carbocycles. The van der Waals surface area contributed by atoms with Crippen molar-refractivity contribution >= 4 is 29.9 Å². The number of aliphatic imine (C=N–C) groups is 1. The van der Waals surface area contributed by atoms with Crippen LogP contribution in [-0.4, -0.2) is 59.6 Å². The third kappa shape index (κ3) is 6.58. The van der Waals surface area contributed by atoms with Gasteiger partial charge in [-0.05, 0) is 13.8 Å². The fourth-order valence-electron chi connectivity index (χ4n) is 2.32. The van der Waals surface area contributed by atoms with Crippen molar-refractivity contribution in [3.8, 4) is 0 Å². The van der Waals surface area contributed by atoms with E-state index in [1.54, 1.807) is 7.11 Å². The van der Waals surface area contributed by atoms with Crippen LogP contribution in [0.25, 0.3) is 0 Å². The first-order valence-electron chi connectivity index (χ1n) is 7.96. The van der Waals surface area contributed by atoms with Crippen LogP contribution in [0.5, 0.6) is 0 Å². The molecule has 0 spiro atoms. The number of nitrogens with zero attached hydrogens (tertiary/aromatic N) is 3. The van der Waals surface area contributed by atoms with Gasteiger partial charge in [0.2, 0.25) is 5.60 Å². The quantitative estimate of drug-likeness (QED) is 0.292. The third-order valence-electron chi connectivity index (χ3n) is 3.55. The van der Waals surface area contributed by atoms with Crippen molar-refractivity contribution in [2.45, 2.75) is 38.1 Å². The van der Waals surface area contributed by atoms with Gasteiger partial charge in [-0.3, -0.25) is 4.99 Å². The highest BCUT2D eigenvalue weighted by Crippen LogP contribution is 2.40. The number of alkyl halides is 3. The van der Waals surface area contributed by atoms with E-state index in [2.05, 4.69) is 20.6 Å². The molecule has 0 fully saturated rings. The molecule has 0 aliphatic carbocycles. The Morgan fingerprint density at radius 1 is 1.46 bits per heavy atom. The normalized spacial score (nSPS) is 15.8. The van der Waals surface area contributed by atoms with Gasteiger partial charge in [-0.1, -0.05) is 0 Å². The Hall–Kier alpha value is -1.08. The lowest BCUT2D eigenvalue weighted by Gasteiger charge is -2.29. The summed E-state index contributed by atoms with van der Waals surface area (Å²) in [4.78, 5) is 7.77. The summed E-state index contributed by atoms with van der Waals surface area (Å²) in [5.74, 6) is -0.0997. The van der Waals surface area contributed by atoms with Gasteiger partial charge >= 0.3 is 6.18 Å². The summed E-state index contributed by atoms with van der Waals surface area (Å²) >= 11 is 0. The molecule has 0 aliphatic heterocycles. The summed E-state index contributed by atoms with van der Waals surface area (Å²) < 4.78 is 46.5. The zero-order valence-electron chi connectivity index (χ0n) is 15.3. The van der Waals surface area contributed by atoms with E-state index in [0.717, 1.165) is 4.57 Å². The monoisotopic (exact) mass is 493 g/mol. The number of guanidine groups is 1. The third-order valence-corrected chi connectivity index (χ3v) is 3.55. The molecular weight excluding hydrogens is 466 g/mol. The summed E-state index contributed by atoms with van der Waals surface area (Å²) in [7, 11) is 2.96. The van der Waals surface area contributed by atoms with Gasteiger partial charge in [-0.25, -0.2) is 4.98 Å². The highest BCUT2D eigenvalue weighted by molar-refractivity contribution is 14.0. The van der Waals surface area contributed by atoms with Crippen molar-refractivity contribution in [3.63, 3.8) is 0 Å². The molecule has 0 bridgehead atoms.